The second-order valence-corrected chi connectivity index (χ2v) is 4.85. The average Bonchev–Trinajstić information content (AvgIpc) is 2.20. The number of aliphatic hydroxyl groups excluding tert-OH is 1. The van der Waals surface area contributed by atoms with Crippen molar-refractivity contribution in [1.82, 2.24) is 10.2 Å². The van der Waals surface area contributed by atoms with Crippen molar-refractivity contribution in [2.75, 3.05) is 19.7 Å². The molecule has 0 aromatic heterocycles. The van der Waals surface area contributed by atoms with E-state index in [0.29, 0.717) is 12.6 Å². The van der Waals surface area contributed by atoms with E-state index < -0.39 is 0 Å². The van der Waals surface area contributed by atoms with E-state index in [9.17, 15) is 4.79 Å². The minimum absolute atomic E-state index is 0.0971. The van der Waals surface area contributed by atoms with Crippen LogP contribution in [0.15, 0.2) is 0 Å². The van der Waals surface area contributed by atoms with Gasteiger partial charge in [0.25, 0.3) is 0 Å². The predicted octanol–water partition coefficient (Wildman–Crippen LogP) is 0.748. The molecular formula is C12H24N2O2. The molecule has 1 aliphatic heterocycles. The van der Waals surface area contributed by atoms with Crippen LogP contribution in [0.2, 0.25) is 0 Å². The summed E-state index contributed by atoms with van der Waals surface area (Å²) in [5.74, 6) is 0.0971. The third-order valence-corrected chi connectivity index (χ3v) is 3.01. The Kier molecular flexibility index (Phi) is 5.77. The first-order valence-corrected chi connectivity index (χ1v) is 6.27. The fourth-order valence-corrected chi connectivity index (χ4v) is 2.30. The Bertz CT molecular complexity index is 217. The molecule has 0 saturated carbocycles. The molecule has 1 saturated heterocycles. The molecule has 1 rings (SSSR count). The molecule has 1 aliphatic rings. The van der Waals surface area contributed by atoms with Crippen LogP contribution in [-0.4, -0.2) is 47.7 Å². The van der Waals surface area contributed by atoms with Gasteiger partial charge in [0, 0.05) is 18.7 Å². The second kappa shape index (κ2) is 6.86. The first-order valence-electron chi connectivity index (χ1n) is 6.27. The molecular weight excluding hydrogens is 204 g/mol. The summed E-state index contributed by atoms with van der Waals surface area (Å²) in [5, 5.41) is 11.9. The van der Waals surface area contributed by atoms with Gasteiger partial charge in [0.05, 0.1) is 6.54 Å². The molecule has 2 N–H and O–H groups in total. The van der Waals surface area contributed by atoms with Gasteiger partial charge in [-0.25, -0.2) is 0 Å². The number of likely N-dealkylation sites (tertiary alicyclic amines) is 1. The van der Waals surface area contributed by atoms with E-state index in [1.54, 1.807) is 0 Å². The molecule has 0 aliphatic carbocycles. The number of hydrogen-bond donors (Lipinski definition) is 2. The van der Waals surface area contributed by atoms with E-state index in [-0.39, 0.29) is 18.6 Å². The van der Waals surface area contributed by atoms with Gasteiger partial charge in [0.15, 0.2) is 0 Å². The van der Waals surface area contributed by atoms with Crippen LogP contribution in [0.25, 0.3) is 0 Å². The van der Waals surface area contributed by atoms with Crippen molar-refractivity contribution in [1.29, 1.82) is 0 Å². The molecule has 0 bridgehead atoms. The van der Waals surface area contributed by atoms with E-state index in [0.717, 1.165) is 25.8 Å². The zero-order valence-corrected chi connectivity index (χ0v) is 10.4. The van der Waals surface area contributed by atoms with E-state index in [1.807, 2.05) is 13.8 Å². The third kappa shape index (κ3) is 4.49. The van der Waals surface area contributed by atoms with Gasteiger partial charge in [-0.2, -0.15) is 0 Å². The summed E-state index contributed by atoms with van der Waals surface area (Å²) in [6.45, 7) is 5.62. The summed E-state index contributed by atoms with van der Waals surface area (Å²) in [5.41, 5.74) is 0. The fourth-order valence-electron chi connectivity index (χ4n) is 2.30. The Hall–Kier alpha value is -0.610. The van der Waals surface area contributed by atoms with Crippen molar-refractivity contribution in [3.8, 4) is 0 Å². The highest BCUT2D eigenvalue weighted by atomic mass is 16.3. The molecule has 4 heteroatoms. The van der Waals surface area contributed by atoms with Crippen LogP contribution in [0.3, 0.4) is 0 Å². The predicted molar refractivity (Wildman–Crippen MR) is 64.2 cm³/mol. The number of carbonyl (C=O) groups is 1. The minimum Gasteiger partial charge on any atom is -0.396 e. The van der Waals surface area contributed by atoms with Crippen LogP contribution in [0, 0.1) is 0 Å². The SMILES string of the molecule is CC(C)NC(=O)CN1CCCCC1CCO. The largest absolute Gasteiger partial charge is 0.396 e. The minimum atomic E-state index is 0.0971. The molecule has 0 spiro atoms. The number of nitrogens with one attached hydrogen (secondary N) is 1. The number of rotatable bonds is 5. The first kappa shape index (κ1) is 13.5. The highest BCUT2D eigenvalue weighted by Gasteiger charge is 2.23. The van der Waals surface area contributed by atoms with E-state index in [2.05, 4.69) is 10.2 Å². The normalized spacial score (nSPS) is 22.4. The topological polar surface area (TPSA) is 52.6 Å². The lowest BCUT2D eigenvalue weighted by Gasteiger charge is -2.35. The summed E-state index contributed by atoms with van der Waals surface area (Å²) in [6.07, 6.45) is 4.27. The molecule has 1 heterocycles. The molecule has 0 aromatic carbocycles. The number of hydrogen-bond acceptors (Lipinski definition) is 3. The van der Waals surface area contributed by atoms with Crippen LogP contribution in [0.1, 0.15) is 39.5 Å². The van der Waals surface area contributed by atoms with Crippen LogP contribution in [0.4, 0.5) is 0 Å². The lowest BCUT2D eigenvalue weighted by atomic mass is 9.99. The third-order valence-electron chi connectivity index (χ3n) is 3.01. The van der Waals surface area contributed by atoms with Gasteiger partial charge in [-0.05, 0) is 39.7 Å². The van der Waals surface area contributed by atoms with Crippen LogP contribution in [-0.2, 0) is 4.79 Å². The number of piperidine rings is 1. The van der Waals surface area contributed by atoms with Gasteiger partial charge in [-0.3, -0.25) is 9.69 Å². The van der Waals surface area contributed by atoms with Crippen LogP contribution < -0.4 is 5.32 Å². The molecule has 94 valence electrons. The van der Waals surface area contributed by atoms with Gasteiger partial charge in [0.2, 0.25) is 5.91 Å². The molecule has 16 heavy (non-hydrogen) atoms. The maximum absolute atomic E-state index is 11.7. The number of amides is 1. The van der Waals surface area contributed by atoms with E-state index >= 15 is 0 Å². The summed E-state index contributed by atoms with van der Waals surface area (Å²) in [7, 11) is 0. The zero-order valence-electron chi connectivity index (χ0n) is 10.4. The van der Waals surface area contributed by atoms with Crippen molar-refractivity contribution >= 4 is 5.91 Å². The quantitative estimate of drug-likeness (QED) is 0.730. The maximum atomic E-state index is 11.7. The van der Waals surface area contributed by atoms with Gasteiger partial charge in [0.1, 0.15) is 0 Å². The van der Waals surface area contributed by atoms with Gasteiger partial charge in [-0.1, -0.05) is 6.42 Å². The Morgan fingerprint density at radius 3 is 2.88 bits per heavy atom. The highest BCUT2D eigenvalue weighted by Crippen LogP contribution is 2.18. The summed E-state index contributed by atoms with van der Waals surface area (Å²) in [6, 6.07) is 0.588. The summed E-state index contributed by atoms with van der Waals surface area (Å²) >= 11 is 0. The Morgan fingerprint density at radius 1 is 1.50 bits per heavy atom. The van der Waals surface area contributed by atoms with Crippen molar-refractivity contribution in [2.45, 2.75) is 51.6 Å². The summed E-state index contributed by atoms with van der Waals surface area (Å²) < 4.78 is 0. The van der Waals surface area contributed by atoms with Crippen LogP contribution >= 0.6 is 0 Å². The monoisotopic (exact) mass is 228 g/mol. The molecule has 0 radical (unpaired) electrons. The second-order valence-electron chi connectivity index (χ2n) is 4.85. The Morgan fingerprint density at radius 2 is 2.25 bits per heavy atom. The van der Waals surface area contributed by atoms with Crippen LogP contribution in [0.5, 0.6) is 0 Å². The molecule has 4 nitrogen and oxygen atoms in total. The van der Waals surface area contributed by atoms with Crippen molar-refractivity contribution in [3.63, 3.8) is 0 Å². The summed E-state index contributed by atoms with van der Waals surface area (Å²) in [4.78, 5) is 13.9. The molecule has 1 atom stereocenters. The lowest BCUT2D eigenvalue weighted by molar-refractivity contribution is -0.123. The van der Waals surface area contributed by atoms with Crippen molar-refractivity contribution in [2.24, 2.45) is 0 Å². The van der Waals surface area contributed by atoms with Crippen molar-refractivity contribution < 1.29 is 9.90 Å². The Labute approximate surface area is 98.0 Å². The number of carbonyl (C=O) groups excluding carboxylic acids is 1. The van der Waals surface area contributed by atoms with Gasteiger partial charge in [-0.15, -0.1) is 0 Å². The molecule has 1 unspecified atom stereocenters. The van der Waals surface area contributed by atoms with Gasteiger partial charge < -0.3 is 10.4 Å². The van der Waals surface area contributed by atoms with E-state index in [1.165, 1.54) is 6.42 Å². The molecule has 1 fully saturated rings. The van der Waals surface area contributed by atoms with E-state index in [4.69, 9.17) is 5.11 Å². The zero-order chi connectivity index (χ0) is 12.0. The smallest absolute Gasteiger partial charge is 0.234 e. The highest BCUT2D eigenvalue weighted by molar-refractivity contribution is 5.78. The lowest BCUT2D eigenvalue weighted by Crippen LogP contribution is -2.47. The Balaban J connectivity index is 2.39. The van der Waals surface area contributed by atoms with Crippen molar-refractivity contribution in [3.05, 3.63) is 0 Å². The maximum Gasteiger partial charge on any atom is 0.234 e. The number of aliphatic hydroxyl groups is 1. The standard InChI is InChI=1S/C12H24N2O2/c1-10(2)13-12(16)9-14-7-4-3-5-11(14)6-8-15/h10-11,15H,3-9H2,1-2H3,(H,13,16). The number of nitrogens with zero attached hydrogens (tertiary/aromatic N) is 1. The average molecular weight is 228 g/mol. The molecule has 0 aromatic rings. The first-order chi connectivity index (χ1) is 7.63. The molecule has 1 amide bonds. The van der Waals surface area contributed by atoms with Gasteiger partial charge >= 0.3 is 0 Å². The fraction of sp³-hybridized carbons (Fsp3) is 0.917.